The number of anilines is 1. The summed E-state index contributed by atoms with van der Waals surface area (Å²) in [5.41, 5.74) is 0.795. The lowest BCUT2D eigenvalue weighted by Gasteiger charge is -2.14. The minimum Gasteiger partial charge on any atom is -0.478 e. The fraction of sp³-hybridized carbons (Fsp3) is 0.308. The zero-order valence-electron chi connectivity index (χ0n) is 10.4. The first kappa shape index (κ1) is 13.1. The number of likely N-dealkylation sites (tertiary alicyclic amines) is 1. The predicted octanol–water partition coefficient (Wildman–Crippen LogP) is 0.944. The molecule has 1 saturated heterocycles. The first-order valence-corrected chi connectivity index (χ1v) is 5.97. The maximum Gasteiger partial charge on any atom is 0.335 e. The number of amides is 2. The van der Waals surface area contributed by atoms with Crippen molar-refractivity contribution in [2.45, 2.75) is 19.4 Å². The van der Waals surface area contributed by atoms with E-state index in [1.165, 1.54) is 17.0 Å². The standard InChI is InChI=1S/C13H14N2O4/c1-2-15-11(16)7-10(12(15)17)14-9-5-3-8(4-6-9)13(18)19/h3-6,10,14H,2,7H2,1H3,(H,18,19). The third kappa shape index (κ3) is 2.57. The van der Waals surface area contributed by atoms with E-state index in [1.807, 2.05) is 0 Å². The Balaban J connectivity index is 2.08. The van der Waals surface area contributed by atoms with Crippen molar-refractivity contribution in [3.05, 3.63) is 29.8 Å². The maximum atomic E-state index is 11.9. The van der Waals surface area contributed by atoms with Gasteiger partial charge in [-0.15, -0.1) is 0 Å². The van der Waals surface area contributed by atoms with E-state index in [2.05, 4.69) is 5.32 Å². The molecule has 1 unspecified atom stereocenters. The Labute approximate surface area is 110 Å². The molecule has 1 aromatic rings. The number of benzene rings is 1. The molecule has 0 saturated carbocycles. The lowest BCUT2D eigenvalue weighted by Crippen LogP contribution is -2.34. The zero-order chi connectivity index (χ0) is 14.0. The van der Waals surface area contributed by atoms with Crippen LogP contribution in [0.1, 0.15) is 23.7 Å². The molecule has 0 aromatic heterocycles. The van der Waals surface area contributed by atoms with Gasteiger partial charge in [-0.25, -0.2) is 4.79 Å². The maximum absolute atomic E-state index is 11.9. The summed E-state index contributed by atoms with van der Waals surface area (Å²) in [5, 5.41) is 11.7. The Morgan fingerprint density at radius 2 is 2.00 bits per heavy atom. The van der Waals surface area contributed by atoms with Gasteiger partial charge >= 0.3 is 5.97 Å². The van der Waals surface area contributed by atoms with Crippen molar-refractivity contribution in [3.63, 3.8) is 0 Å². The number of aromatic carboxylic acids is 1. The number of nitrogens with one attached hydrogen (secondary N) is 1. The SMILES string of the molecule is CCN1C(=O)CC(Nc2ccc(C(=O)O)cc2)C1=O. The number of carbonyl (C=O) groups is 3. The summed E-state index contributed by atoms with van der Waals surface area (Å²) in [6.45, 7) is 2.12. The Kier molecular flexibility index (Phi) is 3.50. The molecule has 6 heteroatoms. The largest absolute Gasteiger partial charge is 0.478 e. The Hall–Kier alpha value is -2.37. The molecule has 1 aliphatic heterocycles. The first-order chi connectivity index (χ1) is 9.02. The van der Waals surface area contributed by atoms with Crippen LogP contribution in [0.4, 0.5) is 5.69 Å². The fourth-order valence-corrected chi connectivity index (χ4v) is 2.04. The molecule has 2 amide bonds. The molecule has 19 heavy (non-hydrogen) atoms. The molecule has 1 fully saturated rings. The van der Waals surface area contributed by atoms with Gasteiger partial charge in [0.2, 0.25) is 5.91 Å². The van der Waals surface area contributed by atoms with Crippen LogP contribution in [0.15, 0.2) is 24.3 Å². The van der Waals surface area contributed by atoms with Crippen LogP contribution in [0.5, 0.6) is 0 Å². The molecular formula is C13H14N2O4. The van der Waals surface area contributed by atoms with E-state index in [1.54, 1.807) is 19.1 Å². The number of carbonyl (C=O) groups excluding carboxylic acids is 2. The van der Waals surface area contributed by atoms with E-state index in [0.717, 1.165) is 0 Å². The van der Waals surface area contributed by atoms with Crippen molar-refractivity contribution in [3.8, 4) is 0 Å². The lowest BCUT2D eigenvalue weighted by atomic mass is 10.2. The predicted molar refractivity (Wildman–Crippen MR) is 67.8 cm³/mol. The second kappa shape index (κ2) is 5.09. The minimum absolute atomic E-state index is 0.132. The number of carboxylic acid groups (broad SMARTS) is 1. The summed E-state index contributed by atoms with van der Waals surface area (Å²) < 4.78 is 0. The van der Waals surface area contributed by atoms with E-state index >= 15 is 0 Å². The van der Waals surface area contributed by atoms with Crippen LogP contribution >= 0.6 is 0 Å². The number of carboxylic acids is 1. The highest BCUT2D eigenvalue weighted by molar-refractivity contribution is 6.06. The van der Waals surface area contributed by atoms with E-state index in [0.29, 0.717) is 12.2 Å². The molecule has 0 radical (unpaired) electrons. The van der Waals surface area contributed by atoms with Gasteiger partial charge in [0.25, 0.3) is 5.91 Å². The fourth-order valence-electron chi connectivity index (χ4n) is 2.04. The van der Waals surface area contributed by atoms with Gasteiger partial charge < -0.3 is 10.4 Å². The smallest absolute Gasteiger partial charge is 0.335 e. The van der Waals surface area contributed by atoms with Crippen LogP contribution < -0.4 is 5.32 Å². The second-order valence-corrected chi connectivity index (χ2v) is 4.26. The van der Waals surface area contributed by atoms with Crippen molar-refractivity contribution in [2.24, 2.45) is 0 Å². The second-order valence-electron chi connectivity index (χ2n) is 4.26. The van der Waals surface area contributed by atoms with E-state index < -0.39 is 12.0 Å². The van der Waals surface area contributed by atoms with Crippen molar-refractivity contribution in [1.29, 1.82) is 0 Å². The van der Waals surface area contributed by atoms with Crippen molar-refractivity contribution in [1.82, 2.24) is 4.90 Å². The van der Waals surface area contributed by atoms with Crippen molar-refractivity contribution >= 4 is 23.5 Å². The van der Waals surface area contributed by atoms with Crippen LogP contribution in [-0.2, 0) is 9.59 Å². The normalized spacial score (nSPS) is 18.8. The lowest BCUT2D eigenvalue weighted by molar-refractivity contribution is -0.138. The van der Waals surface area contributed by atoms with Gasteiger partial charge in [0.05, 0.1) is 12.0 Å². The number of hydrogen-bond donors (Lipinski definition) is 2. The molecule has 1 aliphatic rings. The number of rotatable bonds is 4. The van der Waals surface area contributed by atoms with E-state index in [-0.39, 0.29) is 23.8 Å². The summed E-state index contributed by atoms with van der Waals surface area (Å²) in [6.07, 6.45) is 0.132. The third-order valence-electron chi connectivity index (χ3n) is 3.03. The quantitative estimate of drug-likeness (QED) is 0.789. The van der Waals surface area contributed by atoms with Gasteiger partial charge in [0.15, 0.2) is 0 Å². The molecular weight excluding hydrogens is 248 g/mol. The molecule has 0 bridgehead atoms. The molecule has 2 N–H and O–H groups in total. The average molecular weight is 262 g/mol. The molecule has 1 aromatic carbocycles. The van der Waals surface area contributed by atoms with Crippen LogP contribution in [0.3, 0.4) is 0 Å². The topological polar surface area (TPSA) is 86.7 Å². The average Bonchev–Trinajstić information content (AvgIpc) is 2.64. The molecule has 0 spiro atoms. The minimum atomic E-state index is -1.00. The number of imide groups is 1. The number of hydrogen-bond acceptors (Lipinski definition) is 4. The van der Waals surface area contributed by atoms with Gasteiger partial charge in [-0.1, -0.05) is 0 Å². The summed E-state index contributed by atoms with van der Waals surface area (Å²) >= 11 is 0. The number of nitrogens with zero attached hydrogens (tertiary/aromatic N) is 1. The van der Waals surface area contributed by atoms with Gasteiger partial charge in [-0.2, -0.15) is 0 Å². The first-order valence-electron chi connectivity index (χ1n) is 5.97. The van der Waals surface area contributed by atoms with Crippen LogP contribution in [0, 0.1) is 0 Å². The molecule has 100 valence electrons. The summed E-state index contributed by atoms with van der Waals surface area (Å²) in [7, 11) is 0. The van der Waals surface area contributed by atoms with E-state index in [4.69, 9.17) is 5.11 Å². The Morgan fingerprint density at radius 3 is 2.47 bits per heavy atom. The third-order valence-corrected chi connectivity index (χ3v) is 3.03. The van der Waals surface area contributed by atoms with Gasteiger partial charge in [-0.3, -0.25) is 14.5 Å². The summed E-state index contributed by atoms with van der Waals surface area (Å²) in [5.74, 6) is -1.43. The van der Waals surface area contributed by atoms with Crippen LogP contribution in [0.25, 0.3) is 0 Å². The monoisotopic (exact) mass is 262 g/mol. The molecule has 1 heterocycles. The summed E-state index contributed by atoms with van der Waals surface area (Å²) in [6, 6.07) is 5.49. The Morgan fingerprint density at radius 1 is 1.37 bits per heavy atom. The van der Waals surface area contributed by atoms with Gasteiger partial charge in [-0.05, 0) is 31.2 Å². The molecule has 6 nitrogen and oxygen atoms in total. The van der Waals surface area contributed by atoms with Crippen LogP contribution in [-0.4, -0.2) is 40.4 Å². The highest BCUT2D eigenvalue weighted by Gasteiger charge is 2.37. The van der Waals surface area contributed by atoms with Crippen molar-refractivity contribution in [2.75, 3.05) is 11.9 Å². The zero-order valence-corrected chi connectivity index (χ0v) is 10.4. The highest BCUT2D eigenvalue weighted by Crippen LogP contribution is 2.18. The van der Waals surface area contributed by atoms with Gasteiger partial charge in [0.1, 0.15) is 6.04 Å². The van der Waals surface area contributed by atoms with Crippen molar-refractivity contribution < 1.29 is 19.5 Å². The molecule has 2 rings (SSSR count). The van der Waals surface area contributed by atoms with Gasteiger partial charge in [0, 0.05) is 12.2 Å². The van der Waals surface area contributed by atoms with E-state index in [9.17, 15) is 14.4 Å². The highest BCUT2D eigenvalue weighted by atomic mass is 16.4. The molecule has 1 atom stereocenters. The Bertz CT molecular complexity index is 524. The summed E-state index contributed by atoms with van der Waals surface area (Å²) in [4.78, 5) is 35.3. The number of likely N-dealkylation sites (N-methyl/N-ethyl adjacent to an activating group) is 1. The molecule has 0 aliphatic carbocycles. The van der Waals surface area contributed by atoms with Crippen LogP contribution in [0.2, 0.25) is 0 Å².